The first-order chi connectivity index (χ1) is 8.71. The van der Waals surface area contributed by atoms with Gasteiger partial charge in [0.1, 0.15) is 5.54 Å². The van der Waals surface area contributed by atoms with E-state index in [2.05, 4.69) is 0 Å². The molecule has 2 rings (SSSR count). The van der Waals surface area contributed by atoms with E-state index in [1.165, 1.54) is 44.9 Å². The van der Waals surface area contributed by atoms with Crippen LogP contribution in [0.1, 0.15) is 70.6 Å². The lowest BCUT2D eigenvalue weighted by molar-refractivity contribution is -0.152. The summed E-state index contributed by atoms with van der Waals surface area (Å²) in [5.74, 6) is 0.437. The van der Waals surface area contributed by atoms with Crippen molar-refractivity contribution >= 4 is 5.97 Å². The van der Waals surface area contributed by atoms with E-state index in [-0.39, 0.29) is 5.97 Å². The van der Waals surface area contributed by atoms with Crippen molar-refractivity contribution in [1.29, 1.82) is 0 Å². The number of ether oxygens (including phenoxy) is 1. The number of hydrogen-bond acceptors (Lipinski definition) is 3. The van der Waals surface area contributed by atoms with Crippen LogP contribution in [0, 0.1) is 5.92 Å². The van der Waals surface area contributed by atoms with Crippen LogP contribution in [-0.2, 0) is 9.53 Å². The summed E-state index contributed by atoms with van der Waals surface area (Å²) in [6.07, 6.45) is 12.5. The number of rotatable bonds is 3. The van der Waals surface area contributed by atoms with Crippen LogP contribution in [0.5, 0.6) is 0 Å². The van der Waals surface area contributed by atoms with Gasteiger partial charge in [-0.25, -0.2) is 0 Å². The van der Waals surface area contributed by atoms with Gasteiger partial charge in [-0.1, -0.05) is 44.9 Å². The highest BCUT2D eigenvalue weighted by Gasteiger charge is 2.36. The van der Waals surface area contributed by atoms with Gasteiger partial charge in [0.25, 0.3) is 0 Å². The average molecular weight is 253 g/mol. The monoisotopic (exact) mass is 253 g/mol. The van der Waals surface area contributed by atoms with E-state index in [1.54, 1.807) is 0 Å². The fourth-order valence-electron chi connectivity index (χ4n) is 3.25. The van der Waals surface area contributed by atoms with Crippen molar-refractivity contribution in [2.45, 2.75) is 76.2 Å². The minimum Gasteiger partial charge on any atom is -0.464 e. The molecular formula is C15H27NO2. The van der Waals surface area contributed by atoms with Crippen LogP contribution in [-0.4, -0.2) is 18.1 Å². The molecule has 2 aliphatic carbocycles. The van der Waals surface area contributed by atoms with Gasteiger partial charge in [0.2, 0.25) is 0 Å². The van der Waals surface area contributed by atoms with Gasteiger partial charge < -0.3 is 10.5 Å². The molecule has 2 fully saturated rings. The van der Waals surface area contributed by atoms with Crippen molar-refractivity contribution in [3.63, 3.8) is 0 Å². The third-order valence-electron chi connectivity index (χ3n) is 4.58. The van der Waals surface area contributed by atoms with Gasteiger partial charge >= 0.3 is 5.97 Å². The quantitative estimate of drug-likeness (QED) is 0.621. The zero-order chi connectivity index (χ0) is 12.8. The highest BCUT2D eigenvalue weighted by Crippen LogP contribution is 2.28. The fourth-order valence-corrected chi connectivity index (χ4v) is 3.25. The summed E-state index contributed by atoms with van der Waals surface area (Å²) in [6, 6.07) is 0. The lowest BCUT2D eigenvalue weighted by atomic mass is 9.89. The maximum atomic E-state index is 12.2. The lowest BCUT2D eigenvalue weighted by Crippen LogP contribution is -2.49. The normalized spacial score (nSPS) is 25.4. The standard InChI is InChI=1S/C15H27NO2/c16-15(10-6-1-2-7-11-15)14(17)18-12-13-8-4-3-5-9-13/h13H,1-12,16H2. The minimum atomic E-state index is -0.689. The second-order valence-corrected chi connectivity index (χ2v) is 6.17. The van der Waals surface area contributed by atoms with Gasteiger partial charge in [0, 0.05) is 0 Å². The zero-order valence-corrected chi connectivity index (χ0v) is 11.5. The molecule has 3 nitrogen and oxygen atoms in total. The van der Waals surface area contributed by atoms with Gasteiger partial charge in [-0.15, -0.1) is 0 Å². The van der Waals surface area contributed by atoms with Crippen LogP contribution < -0.4 is 5.73 Å². The first kappa shape index (κ1) is 13.9. The molecule has 0 radical (unpaired) electrons. The summed E-state index contributed by atoms with van der Waals surface area (Å²) in [5.41, 5.74) is 5.55. The topological polar surface area (TPSA) is 52.3 Å². The molecule has 0 aliphatic heterocycles. The molecule has 0 atom stereocenters. The smallest absolute Gasteiger partial charge is 0.326 e. The molecule has 0 bridgehead atoms. The zero-order valence-electron chi connectivity index (χ0n) is 11.5. The van der Waals surface area contributed by atoms with Crippen LogP contribution in [0.3, 0.4) is 0 Å². The summed E-state index contributed by atoms with van der Waals surface area (Å²) >= 11 is 0. The molecule has 18 heavy (non-hydrogen) atoms. The molecule has 0 amide bonds. The van der Waals surface area contributed by atoms with Crippen molar-refractivity contribution in [1.82, 2.24) is 0 Å². The number of hydrogen-bond donors (Lipinski definition) is 1. The van der Waals surface area contributed by atoms with Crippen molar-refractivity contribution in [2.75, 3.05) is 6.61 Å². The molecule has 0 unspecified atom stereocenters. The summed E-state index contributed by atoms with van der Waals surface area (Å²) in [4.78, 5) is 12.2. The Morgan fingerprint density at radius 2 is 1.56 bits per heavy atom. The van der Waals surface area contributed by atoms with Gasteiger partial charge in [0.05, 0.1) is 6.61 Å². The Morgan fingerprint density at radius 3 is 2.17 bits per heavy atom. The number of esters is 1. The molecule has 104 valence electrons. The molecule has 0 saturated heterocycles. The highest BCUT2D eigenvalue weighted by atomic mass is 16.5. The van der Waals surface area contributed by atoms with E-state index in [9.17, 15) is 4.79 Å². The molecule has 3 heteroatoms. The molecule has 2 aliphatic rings. The van der Waals surface area contributed by atoms with Crippen molar-refractivity contribution in [3.05, 3.63) is 0 Å². The lowest BCUT2D eigenvalue weighted by Gasteiger charge is -2.27. The van der Waals surface area contributed by atoms with E-state index in [4.69, 9.17) is 10.5 Å². The Bertz CT molecular complexity index is 264. The Hall–Kier alpha value is -0.570. The van der Waals surface area contributed by atoms with Gasteiger partial charge in [0.15, 0.2) is 0 Å². The molecular weight excluding hydrogens is 226 g/mol. The number of nitrogens with two attached hydrogens (primary N) is 1. The van der Waals surface area contributed by atoms with Crippen molar-refractivity contribution in [2.24, 2.45) is 11.7 Å². The first-order valence-corrected chi connectivity index (χ1v) is 7.67. The summed E-state index contributed by atoms with van der Waals surface area (Å²) in [7, 11) is 0. The van der Waals surface area contributed by atoms with Crippen LogP contribution in [0.2, 0.25) is 0 Å². The molecule has 0 heterocycles. The fraction of sp³-hybridized carbons (Fsp3) is 0.933. The van der Waals surface area contributed by atoms with E-state index < -0.39 is 5.54 Å². The predicted molar refractivity (Wildman–Crippen MR) is 72.2 cm³/mol. The minimum absolute atomic E-state index is 0.144. The second-order valence-electron chi connectivity index (χ2n) is 6.17. The predicted octanol–water partition coefficient (Wildman–Crippen LogP) is 3.16. The van der Waals surface area contributed by atoms with E-state index in [0.29, 0.717) is 12.5 Å². The maximum Gasteiger partial charge on any atom is 0.326 e. The van der Waals surface area contributed by atoms with Crippen LogP contribution >= 0.6 is 0 Å². The maximum absolute atomic E-state index is 12.2. The Labute approximate surface area is 110 Å². The first-order valence-electron chi connectivity index (χ1n) is 7.67. The highest BCUT2D eigenvalue weighted by molar-refractivity contribution is 5.80. The molecule has 0 aromatic heterocycles. The Morgan fingerprint density at radius 1 is 1.00 bits per heavy atom. The Balaban J connectivity index is 1.78. The molecule has 2 saturated carbocycles. The molecule has 0 spiro atoms. The molecule has 0 aromatic carbocycles. The van der Waals surface area contributed by atoms with Gasteiger partial charge in [-0.2, -0.15) is 0 Å². The summed E-state index contributed by atoms with van der Waals surface area (Å²) < 4.78 is 5.52. The third kappa shape index (κ3) is 3.71. The van der Waals surface area contributed by atoms with Gasteiger partial charge in [-0.3, -0.25) is 4.79 Å². The Kier molecular flexibility index (Phi) is 5.04. The largest absolute Gasteiger partial charge is 0.464 e. The number of carbonyl (C=O) groups is 1. The van der Waals surface area contributed by atoms with Crippen LogP contribution in [0.15, 0.2) is 0 Å². The van der Waals surface area contributed by atoms with E-state index in [0.717, 1.165) is 25.7 Å². The van der Waals surface area contributed by atoms with Gasteiger partial charge in [-0.05, 0) is 31.6 Å². The second kappa shape index (κ2) is 6.55. The third-order valence-corrected chi connectivity index (χ3v) is 4.58. The number of carbonyl (C=O) groups excluding carboxylic acids is 1. The van der Waals surface area contributed by atoms with Crippen LogP contribution in [0.25, 0.3) is 0 Å². The summed E-state index contributed by atoms with van der Waals surface area (Å²) in [5, 5.41) is 0. The average Bonchev–Trinajstić information content (AvgIpc) is 2.63. The van der Waals surface area contributed by atoms with E-state index >= 15 is 0 Å². The van der Waals surface area contributed by atoms with E-state index in [1.807, 2.05) is 0 Å². The SMILES string of the molecule is NC1(C(=O)OCC2CCCCC2)CCCCCC1. The van der Waals surface area contributed by atoms with Crippen molar-refractivity contribution in [3.8, 4) is 0 Å². The molecule has 0 aromatic rings. The summed E-state index contributed by atoms with van der Waals surface area (Å²) in [6.45, 7) is 0.595. The van der Waals surface area contributed by atoms with Crippen molar-refractivity contribution < 1.29 is 9.53 Å². The molecule has 2 N–H and O–H groups in total. The van der Waals surface area contributed by atoms with Crippen LogP contribution in [0.4, 0.5) is 0 Å².